The molecule has 0 spiro atoms. The van der Waals surface area contributed by atoms with E-state index in [1.165, 1.54) is 12.8 Å². The molecule has 128 valence electrons. The normalized spacial score (nSPS) is 14.7. The summed E-state index contributed by atoms with van der Waals surface area (Å²) in [7, 11) is 0. The summed E-state index contributed by atoms with van der Waals surface area (Å²) in [6.07, 6.45) is 5.20. The minimum Gasteiger partial charge on any atom is -0.354 e. The van der Waals surface area contributed by atoms with E-state index in [-0.39, 0.29) is 18.4 Å². The van der Waals surface area contributed by atoms with Gasteiger partial charge in [-0.15, -0.1) is 10.2 Å². The highest BCUT2D eigenvalue weighted by atomic mass is 16.2. The maximum atomic E-state index is 11.8. The molecule has 0 saturated carbocycles. The fourth-order valence-corrected chi connectivity index (χ4v) is 2.53. The molecule has 1 aromatic rings. The fourth-order valence-electron chi connectivity index (χ4n) is 2.53. The number of aryl methyl sites for hydroxylation is 1. The highest BCUT2D eigenvalue weighted by Gasteiger charge is 2.21. The number of carbonyl (C=O) groups is 2. The zero-order valence-electron chi connectivity index (χ0n) is 14.3. The molecule has 7 nitrogen and oxygen atoms in total. The second-order valence-electron chi connectivity index (χ2n) is 7.03. The van der Waals surface area contributed by atoms with Gasteiger partial charge in [0.25, 0.3) is 0 Å². The Bertz CT molecular complexity index is 559. The highest BCUT2D eigenvalue weighted by Crippen LogP contribution is 2.14. The molecular weight excluding hydrogens is 294 g/mol. The van der Waals surface area contributed by atoms with Crippen molar-refractivity contribution in [1.82, 2.24) is 25.4 Å². The number of fused-ring (bicyclic) bond motifs is 1. The van der Waals surface area contributed by atoms with E-state index in [0.29, 0.717) is 13.0 Å². The van der Waals surface area contributed by atoms with Crippen molar-refractivity contribution in [3.63, 3.8) is 0 Å². The Hall–Kier alpha value is -1.92. The van der Waals surface area contributed by atoms with Crippen molar-refractivity contribution >= 4 is 11.8 Å². The van der Waals surface area contributed by atoms with E-state index >= 15 is 0 Å². The van der Waals surface area contributed by atoms with Gasteiger partial charge < -0.3 is 15.2 Å². The van der Waals surface area contributed by atoms with Crippen molar-refractivity contribution in [3.05, 3.63) is 11.6 Å². The molecule has 0 unspecified atom stereocenters. The van der Waals surface area contributed by atoms with Gasteiger partial charge in [0, 0.05) is 31.3 Å². The summed E-state index contributed by atoms with van der Waals surface area (Å²) >= 11 is 0. The lowest BCUT2D eigenvalue weighted by molar-refractivity contribution is -0.131. The lowest BCUT2D eigenvalue weighted by atomic mass is 9.96. The number of hydrogen-bond donors (Lipinski definition) is 2. The predicted octanol–water partition coefficient (Wildman–Crippen LogP) is 0.825. The molecule has 2 N–H and O–H groups in total. The van der Waals surface area contributed by atoms with Crippen LogP contribution in [0.3, 0.4) is 0 Å². The summed E-state index contributed by atoms with van der Waals surface area (Å²) in [4.78, 5) is 23.5. The van der Waals surface area contributed by atoms with E-state index < -0.39 is 5.41 Å². The number of amides is 2. The predicted molar refractivity (Wildman–Crippen MR) is 86.8 cm³/mol. The van der Waals surface area contributed by atoms with E-state index in [1.807, 2.05) is 20.8 Å². The Morgan fingerprint density at radius 1 is 1.13 bits per heavy atom. The molecule has 0 radical (unpaired) electrons. The smallest absolute Gasteiger partial charge is 0.239 e. The van der Waals surface area contributed by atoms with Gasteiger partial charge in [-0.3, -0.25) is 9.59 Å². The van der Waals surface area contributed by atoms with Crippen molar-refractivity contribution in [3.8, 4) is 0 Å². The lowest BCUT2D eigenvalue weighted by Gasteiger charge is -2.17. The number of nitrogens with zero attached hydrogens (tertiary/aromatic N) is 3. The average Bonchev–Trinajstić information content (AvgIpc) is 2.71. The highest BCUT2D eigenvalue weighted by molar-refractivity contribution is 5.87. The first-order valence-electron chi connectivity index (χ1n) is 8.34. The van der Waals surface area contributed by atoms with Gasteiger partial charge in [0.05, 0.1) is 6.54 Å². The minimum absolute atomic E-state index is 0.00798. The van der Waals surface area contributed by atoms with Crippen LogP contribution in [0.5, 0.6) is 0 Å². The summed E-state index contributed by atoms with van der Waals surface area (Å²) in [5.74, 6) is 1.68. The van der Waals surface area contributed by atoms with Crippen LogP contribution >= 0.6 is 0 Å². The molecular formula is C16H27N5O2. The Balaban J connectivity index is 1.74. The monoisotopic (exact) mass is 321 g/mol. The Morgan fingerprint density at radius 3 is 2.65 bits per heavy atom. The maximum absolute atomic E-state index is 11.8. The fraction of sp³-hybridized carbons (Fsp3) is 0.750. The molecule has 0 saturated heterocycles. The molecule has 2 heterocycles. The molecule has 1 aliphatic rings. The van der Waals surface area contributed by atoms with Crippen LogP contribution in [0.4, 0.5) is 0 Å². The van der Waals surface area contributed by atoms with Gasteiger partial charge in [0.2, 0.25) is 11.8 Å². The van der Waals surface area contributed by atoms with Gasteiger partial charge in [-0.05, 0) is 12.8 Å². The number of rotatable bonds is 5. The van der Waals surface area contributed by atoms with Crippen molar-refractivity contribution in [2.75, 3.05) is 13.1 Å². The molecule has 2 amide bonds. The van der Waals surface area contributed by atoms with Crippen LogP contribution in [0.1, 0.15) is 51.7 Å². The van der Waals surface area contributed by atoms with E-state index in [0.717, 1.165) is 31.0 Å². The third-order valence-electron chi connectivity index (χ3n) is 3.95. The number of hydrogen-bond acceptors (Lipinski definition) is 4. The second kappa shape index (κ2) is 7.57. The van der Waals surface area contributed by atoms with Crippen LogP contribution < -0.4 is 10.6 Å². The van der Waals surface area contributed by atoms with Gasteiger partial charge in [0.15, 0.2) is 0 Å². The van der Waals surface area contributed by atoms with E-state index in [2.05, 4.69) is 25.4 Å². The number of nitrogens with one attached hydrogen (secondary N) is 2. The molecule has 1 aliphatic heterocycles. The lowest BCUT2D eigenvalue weighted by Crippen LogP contribution is -2.42. The van der Waals surface area contributed by atoms with E-state index in [9.17, 15) is 9.59 Å². The molecule has 0 aromatic carbocycles. The van der Waals surface area contributed by atoms with Crippen LogP contribution in [-0.4, -0.2) is 39.7 Å². The zero-order valence-corrected chi connectivity index (χ0v) is 14.3. The molecule has 0 bridgehead atoms. The van der Waals surface area contributed by atoms with E-state index in [4.69, 9.17) is 0 Å². The standard InChI is InChI=1S/C16H27N5O2/c1-16(2,3)15(23)18-11-14(22)17-9-8-13-20-19-12-7-5-4-6-10-21(12)13/h4-11H2,1-3H3,(H,17,22)(H,18,23). The van der Waals surface area contributed by atoms with E-state index in [1.54, 1.807) is 0 Å². The topological polar surface area (TPSA) is 88.9 Å². The minimum atomic E-state index is -0.487. The molecule has 2 rings (SSSR count). The van der Waals surface area contributed by atoms with Gasteiger partial charge in [-0.1, -0.05) is 27.2 Å². The zero-order chi connectivity index (χ0) is 16.9. The van der Waals surface area contributed by atoms with Crippen molar-refractivity contribution in [2.24, 2.45) is 5.41 Å². The third kappa shape index (κ3) is 5.04. The number of carbonyl (C=O) groups excluding carboxylic acids is 2. The van der Waals surface area contributed by atoms with Crippen LogP contribution in [0.25, 0.3) is 0 Å². The van der Waals surface area contributed by atoms with Crippen molar-refractivity contribution in [1.29, 1.82) is 0 Å². The quantitative estimate of drug-likeness (QED) is 0.840. The van der Waals surface area contributed by atoms with Crippen LogP contribution in [0.15, 0.2) is 0 Å². The van der Waals surface area contributed by atoms with Gasteiger partial charge >= 0.3 is 0 Å². The summed E-state index contributed by atoms with van der Waals surface area (Å²) < 4.78 is 2.18. The molecule has 0 fully saturated rings. The van der Waals surface area contributed by atoms with Crippen LogP contribution in [0, 0.1) is 5.41 Å². The molecule has 0 aliphatic carbocycles. The van der Waals surface area contributed by atoms with Gasteiger partial charge in [-0.25, -0.2) is 0 Å². The van der Waals surface area contributed by atoms with Crippen LogP contribution in [-0.2, 0) is 29.0 Å². The van der Waals surface area contributed by atoms with Crippen molar-refractivity contribution in [2.45, 2.75) is 59.4 Å². The average molecular weight is 321 g/mol. The summed E-state index contributed by atoms with van der Waals surface area (Å²) in [6, 6.07) is 0. The Morgan fingerprint density at radius 2 is 1.91 bits per heavy atom. The van der Waals surface area contributed by atoms with Gasteiger partial charge in [-0.2, -0.15) is 0 Å². The largest absolute Gasteiger partial charge is 0.354 e. The molecule has 1 aromatic heterocycles. The summed E-state index contributed by atoms with van der Waals surface area (Å²) in [5, 5.41) is 13.9. The third-order valence-corrected chi connectivity index (χ3v) is 3.95. The molecule has 7 heteroatoms. The molecule has 23 heavy (non-hydrogen) atoms. The maximum Gasteiger partial charge on any atom is 0.239 e. The summed E-state index contributed by atoms with van der Waals surface area (Å²) in [6.45, 7) is 6.93. The second-order valence-corrected chi connectivity index (χ2v) is 7.03. The molecule has 0 atom stereocenters. The summed E-state index contributed by atoms with van der Waals surface area (Å²) in [5.41, 5.74) is -0.487. The van der Waals surface area contributed by atoms with Crippen molar-refractivity contribution < 1.29 is 9.59 Å². The first-order valence-corrected chi connectivity index (χ1v) is 8.34. The Kier molecular flexibility index (Phi) is 5.74. The first-order chi connectivity index (χ1) is 10.9. The Labute approximate surface area is 137 Å². The van der Waals surface area contributed by atoms with Gasteiger partial charge in [0.1, 0.15) is 11.6 Å². The first kappa shape index (κ1) is 17.4. The van der Waals surface area contributed by atoms with Crippen LogP contribution in [0.2, 0.25) is 0 Å². The SMILES string of the molecule is CC(C)(C)C(=O)NCC(=O)NCCc1nnc2n1CCCCC2. The number of aromatic nitrogens is 3.